The fourth-order valence-electron chi connectivity index (χ4n) is 2.63. The van der Waals surface area contributed by atoms with Crippen molar-refractivity contribution in [2.75, 3.05) is 0 Å². The summed E-state index contributed by atoms with van der Waals surface area (Å²) in [4.78, 5) is 7.71. The van der Waals surface area contributed by atoms with E-state index in [4.69, 9.17) is 0 Å². The van der Waals surface area contributed by atoms with Crippen molar-refractivity contribution >= 4 is 21.8 Å². The Bertz CT molecular complexity index is 924. The fourth-order valence-corrected chi connectivity index (χ4v) is 2.63. The summed E-state index contributed by atoms with van der Waals surface area (Å²) in [6.07, 6.45) is 1.73. The molecule has 4 rings (SSSR count). The van der Waals surface area contributed by atoms with E-state index in [1.54, 1.807) is 18.3 Å². The summed E-state index contributed by atoms with van der Waals surface area (Å²) < 4.78 is 14.0. The van der Waals surface area contributed by atoms with E-state index in [0.717, 1.165) is 21.8 Å². The van der Waals surface area contributed by atoms with Crippen LogP contribution in [-0.4, -0.2) is 9.97 Å². The lowest BCUT2D eigenvalue weighted by atomic mass is 10.1. The van der Waals surface area contributed by atoms with Crippen molar-refractivity contribution in [2.45, 2.75) is 0 Å². The number of H-pyrrole nitrogens is 1. The molecule has 0 aliphatic heterocycles. The minimum atomic E-state index is -0.258. The molecule has 0 spiro atoms. The number of para-hydroxylation sites is 1. The Balaban J connectivity index is 2.13. The SMILES string of the molecule is Fc1ccccc1-c1nccc2c1[nH]c1ccccc12. The molecule has 0 saturated carbocycles. The van der Waals surface area contributed by atoms with E-state index in [0.29, 0.717) is 11.3 Å². The van der Waals surface area contributed by atoms with Gasteiger partial charge in [0.15, 0.2) is 0 Å². The van der Waals surface area contributed by atoms with Gasteiger partial charge in [-0.25, -0.2) is 4.39 Å². The number of rotatable bonds is 1. The molecule has 20 heavy (non-hydrogen) atoms. The summed E-state index contributed by atoms with van der Waals surface area (Å²) in [7, 11) is 0. The molecule has 0 aliphatic carbocycles. The van der Waals surface area contributed by atoms with Gasteiger partial charge < -0.3 is 4.98 Å². The van der Waals surface area contributed by atoms with Crippen molar-refractivity contribution in [3.05, 3.63) is 66.6 Å². The van der Waals surface area contributed by atoms with Gasteiger partial charge in [0.25, 0.3) is 0 Å². The molecule has 0 unspecified atom stereocenters. The number of hydrogen-bond donors (Lipinski definition) is 1. The summed E-state index contributed by atoms with van der Waals surface area (Å²) in [5, 5.41) is 2.19. The number of nitrogens with zero attached hydrogens (tertiary/aromatic N) is 1. The molecule has 2 nitrogen and oxygen atoms in total. The summed E-state index contributed by atoms with van der Waals surface area (Å²) in [6.45, 7) is 0. The third kappa shape index (κ3) is 1.53. The molecule has 3 heteroatoms. The van der Waals surface area contributed by atoms with Crippen molar-refractivity contribution in [2.24, 2.45) is 0 Å². The second kappa shape index (κ2) is 4.17. The largest absolute Gasteiger partial charge is 0.353 e. The number of aromatic amines is 1. The zero-order valence-corrected chi connectivity index (χ0v) is 10.6. The highest BCUT2D eigenvalue weighted by Gasteiger charge is 2.12. The molecule has 0 saturated heterocycles. The van der Waals surface area contributed by atoms with Gasteiger partial charge in [0.2, 0.25) is 0 Å². The lowest BCUT2D eigenvalue weighted by molar-refractivity contribution is 0.631. The first-order valence-electron chi connectivity index (χ1n) is 6.45. The van der Waals surface area contributed by atoms with Crippen molar-refractivity contribution in [1.29, 1.82) is 0 Å². The topological polar surface area (TPSA) is 28.7 Å². The molecule has 0 fully saturated rings. The molecule has 0 bridgehead atoms. The highest BCUT2D eigenvalue weighted by atomic mass is 19.1. The van der Waals surface area contributed by atoms with Crippen LogP contribution >= 0.6 is 0 Å². The Hall–Kier alpha value is -2.68. The monoisotopic (exact) mass is 262 g/mol. The van der Waals surface area contributed by atoms with Gasteiger partial charge in [-0.1, -0.05) is 30.3 Å². The number of nitrogens with one attached hydrogen (secondary N) is 1. The molecule has 0 amide bonds. The lowest BCUT2D eigenvalue weighted by Gasteiger charge is -2.03. The van der Waals surface area contributed by atoms with Gasteiger partial charge >= 0.3 is 0 Å². The van der Waals surface area contributed by atoms with Crippen LogP contribution in [0.2, 0.25) is 0 Å². The maximum atomic E-state index is 14.0. The molecule has 2 aromatic carbocycles. The minimum Gasteiger partial charge on any atom is -0.353 e. The lowest BCUT2D eigenvalue weighted by Crippen LogP contribution is -1.88. The number of halogens is 1. The molecule has 2 aromatic heterocycles. The molecule has 0 aliphatic rings. The Morgan fingerprint density at radius 3 is 2.55 bits per heavy atom. The van der Waals surface area contributed by atoms with E-state index in [1.807, 2.05) is 30.3 Å². The van der Waals surface area contributed by atoms with Crippen LogP contribution in [0.5, 0.6) is 0 Å². The molecular weight excluding hydrogens is 251 g/mol. The second-order valence-electron chi connectivity index (χ2n) is 4.73. The zero-order valence-electron chi connectivity index (χ0n) is 10.6. The van der Waals surface area contributed by atoms with E-state index in [9.17, 15) is 4.39 Å². The van der Waals surface area contributed by atoms with Crippen molar-refractivity contribution in [1.82, 2.24) is 9.97 Å². The van der Waals surface area contributed by atoms with Crippen LogP contribution in [0.25, 0.3) is 33.1 Å². The molecule has 0 radical (unpaired) electrons. The smallest absolute Gasteiger partial charge is 0.132 e. The molecule has 2 heterocycles. The van der Waals surface area contributed by atoms with Gasteiger partial charge in [-0.15, -0.1) is 0 Å². The number of hydrogen-bond acceptors (Lipinski definition) is 1. The normalized spacial score (nSPS) is 11.2. The predicted molar refractivity (Wildman–Crippen MR) is 79.0 cm³/mol. The highest BCUT2D eigenvalue weighted by Crippen LogP contribution is 2.32. The van der Waals surface area contributed by atoms with E-state index in [-0.39, 0.29) is 5.82 Å². The van der Waals surface area contributed by atoms with Gasteiger partial charge in [-0.05, 0) is 24.3 Å². The number of pyridine rings is 1. The molecule has 0 atom stereocenters. The van der Waals surface area contributed by atoms with Gasteiger partial charge in [0.1, 0.15) is 5.82 Å². The highest BCUT2D eigenvalue weighted by molar-refractivity contribution is 6.10. The quantitative estimate of drug-likeness (QED) is 0.536. The van der Waals surface area contributed by atoms with Crippen molar-refractivity contribution in [3.63, 3.8) is 0 Å². The maximum absolute atomic E-state index is 14.0. The minimum absolute atomic E-state index is 0.258. The predicted octanol–water partition coefficient (Wildman–Crippen LogP) is 4.52. The van der Waals surface area contributed by atoms with Crippen molar-refractivity contribution < 1.29 is 4.39 Å². The fraction of sp³-hybridized carbons (Fsp3) is 0. The van der Waals surface area contributed by atoms with Crippen LogP contribution < -0.4 is 0 Å². The van der Waals surface area contributed by atoms with E-state index < -0.39 is 0 Å². The Morgan fingerprint density at radius 1 is 0.850 bits per heavy atom. The van der Waals surface area contributed by atoms with Crippen LogP contribution in [0.3, 0.4) is 0 Å². The van der Waals surface area contributed by atoms with Gasteiger partial charge in [0.05, 0.1) is 11.2 Å². The van der Waals surface area contributed by atoms with Crippen LogP contribution in [0.1, 0.15) is 0 Å². The molecule has 4 aromatic rings. The van der Waals surface area contributed by atoms with E-state index in [2.05, 4.69) is 16.0 Å². The molecule has 1 N–H and O–H groups in total. The summed E-state index contributed by atoms with van der Waals surface area (Å²) in [5.41, 5.74) is 3.08. The van der Waals surface area contributed by atoms with Crippen LogP contribution in [0.4, 0.5) is 4.39 Å². The number of benzene rings is 2. The van der Waals surface area contributed by atoms with Crippen molar-refractivity contribution in [3.8, 4) is 11.3 Å². The third-order valence-electron chi connectivity index (χ3n) is 3.56. The second-order valence-corrected chi connectivity index (χ2v) is 4.73. The standard InChI is InChI=1S/C17H11FN2/c18-14-7-3-1-6-13(14)16-17-12(9-10-19-16)11-5-2-4-8-15(11)20-17/h1-10,20H. The third-order valence-corrected chi connectivity index (χ3v) is 3.56. The van der Waals surface area contributed by atoms with Gasteiger partial charge in [-0.2, -0.15) is 0 Å². The summed E-state index contributed by atoms with van der Waals surface area (Å²) >= 11 is 0. The average Bonchev–Trinajstić information content (AvgIpc) is 2.86. The maximum Gasteiger partial charge on any atom is 0.132 e. The van der Waals surface area contributed by atoms with E-state index in [1.165, 1.54) is 6.07 Å². The first kappa shape index (κ1) is 11.2. The molecular formula is C17H11FN2. The summed E-state index contributed by atoms with van der Waals surface area (Å²) in [5.74, 6) is -0.258. The zero-order chi connectivity index (χ0) is 13.5. The van der Waals surface area contributed by atoms with Crippen LogP contribution in [0.15, 0.2) is 60.8 Å². The first-order chi connectivity index (χ1) is 9.84. The summed E-state index contributed by atoms with van der Waals surface area (Å²) in [6, 6.07) is 16.7. The Morgan fingerprint density at radius 2 is 1.65 bits per heavy atom. The van der Waals surface area contributed by atoms with Crippen LogP contribution in [-0.2, 0) is 0 Å². The number of aromatic nitrogens is 2. The van der Waals surface area contributed by atoms with Gasteiger partial charge in [-0.3, -0.25) is 4.98 Å². The Kier molecular flexibility index (Phi) is 2.33. The van der Waals surface area contributed by atoms with Gasteiger partial charge in [0, 0.05) is 28.0 Å². The Labute approximate surface area is 114 Å². The van der Waals surface area contributed by atoms with Crippen LogP contribution in [0, 0.1) is 5.82 Å². The molecule has 96 valence electrons. The first-order valence-corrected chi connectivity index (χ1v) is 6.45. The van der Waals surface area contributed by atoms with E-state index >= 15 is 0 Å². The average molecular weight is 262 g/mol. The number of fused-ring (bicyclic) bond motifs is 3.